The number of rotatable bonds is 4. The monoisotopic (exact) mass is 231 g/mol. The third-order valence-electron chi connectivity index (χ3n) is 4.13. The number of hydrogen-bond donors (Lipinski definition) is 1. The van der Waals surface area contributed by atoms with Crippen LogP contribution in [0.4, 0.5) is 0 Å². The molecule has 1 fully saturated rings. The Bertz CT molecular complexity index is 377. The van der Waals surface area contributed by atoms with Gasteiger partial charge in [-0.05, 0) is 50.2 Å². The van der Waals surface area contributed by atoms with Crippen LogP contribution < -0.4 is 5.73 Å². The van der Waals surface area contributed by atoms with Crippen molar-refractivity contribution in [1.82, 2.24) is 0 Å². The fourth-order valence-corrected chi connectivity index (χ4v) is 2.86. The van der Waals surface area contributed by atoms with Gasteiger partial charge >= 0.3 is 0 Å². The first-order chi connectivity index (χ1) is 7.85. The van der Waals surface area contributed by atoms with Crippen LogP contribution in [-0.2, 0) is 11.8 Å². The minimum Gasteiger partial charge on any atom is -0.325 e. The van der Waals surface area contributed by atoms with Crippen LogP contribution in [0.25, 0.3) is 0 Å². The van der Waals surface area contributed by atoms with Crippen LogP contribution in [0.3, 0.4) is 0 Å². The van der Waals surface area contributed by atoms with Crippen molar-refractivity contribution in [3.05, 3.63) is 35.4 Å². The normalized spacial score (nSPS) is 18.5. The van der Waals surface area contributed by atoms with Gasteiger partial charge in [-0.15, -0.1) is 0 Å². The maximum Gasteiger partial charge on any atom is 0.0195 e. The summed E-state index contributed by atoms with van der Waals surface area (Å²) >= 11 is 0. The van der Waals surface area contributed by atoms with Gasteiger partial charge in [0.05, 0.1) is 0 Å². The molecule has 0 spiro atoms. The predicted molar refractivity (Wildman–Crippen MR) is 74.2 cm³/mol. The third kappa shape index (κ3) is 2.40. The maximum atomic E-state index is 6.33. The molecule has 0 unspecified atom stereocenters. The maximum absolute atomic E-state index is 6.33. The molecule has 1 aliphatic carbocycles. The van der Waals surface area contributed by atoms with Gasteiger partial charge < -0.3 is 5.73 Å². The van der Waals surface area contributed by atoms with E-state index in [2.05, 4.69) is 52.0 Å². The molecule has 0 aromatic heterocycles. The van der Waals surface area contributed by atoms with Gasteiger partial charge in [-0.1, -0.05) is 38.1 Å². The highest BCUT2D eigenvalue weighted by molar-refractivity contribution is 5.37. The lowest BCUT2D eigenvalue weighted by atomic mass is 9.79. The zero-order valence-corrected chi connectivity index (χ0v) is 11.6. The summed E-state index contributed by atoms with van der Waals surface area (Å²) in [7, 11) is 0. The minimum atomic E-state index is -0.105. The molecule has 1 heteroatoms. The Kier molecular flexibility index (Phi) is 3.07. The molecule has 0 aliphatic heterocycles. The molecule has 0 heterocycles. The summed E-state index contributed by atoms with van der Waals surface area (Å²) in [6.07, 6.45) is 3.64. The zero-order chi connectivity index (χ0) is 12.7. The van der Waals surface area contributed by atoms with E-state index in [9.17, 15) is 0 Å². The van der Waals surface area contributed by atoms with Crippen molar-refractivity contribution < 1.29 is 0 Å². The summed E-state index contributed by atoms with van der Waals surface area (Å²) in [5.41, 5.74) is 9.33. The number of benzene rings is 1. The van der Waals surface area contributed by atoms with E-state index in [1.165, 1.54) is 30.4 Å². The van der Waals surface area contributed by atoms with Gasteiger partial charge in [0.2, 0.25) is 0 Å². The molecule has 1 saturated carbocycles. The first-order valence-electron chi connectivity index (χ1n) is 6.73. The first-order valence-corrected chi connectivity index (χ1v) is 6.73. The molecule has 94 valence electrons. The second-order valence-corrected chi connectivity index (χ2v) is 6.60. The molecule has 0 saturated heterocycles. The summed E-state index contributed by atoms with van der Waals surface area (Å²) in [4.78, 5) is 0. The molecule has 0 radical (unpaired) electrons. The Labute approximate surface area is 105 Å². The van der Waals surface area contributed by atoms with Gasteiger partial charge in [-0.3, -0.25) is 0 Å². The zero-order valence-electron chi connectivity index (χ0n) is 11.6. The molecule has 2 N–H and O–H groups in total. The molecular weight excluding hydrogens is 206 g/mol. The van der Waals surface area contributed by atoms with Crippen LogP contribution in [0.2, 0.25) is 0 Å². The van der Waals surface area contributed by atoms with Gasteiger partial charge in [0.25, 0.3) is 0 Å². The van der Waals surface area contributed by atoms with Crippen LogP contribution in [0, 0.1) is 5.92 Å². The van der Waals surface area contributed by atoms with Crippen LogP contribution in [0.15, 0.2) is 24.3 Å². The lowest BCUT2D eigenvalue weighted by Crippen LogP contribution is -2.45. The van der Waals surface area contributed by atoms with E-state index >= 15 is 0 Å². The van der Waals surface area contributed by atoms with Gasteiger partial charge in [0.1, 0.15) is 0 Å². The molecule has 0 atom stereocenters. The Balaban J connectivity index is 2.19. The number of hydrogen-bond acceptors (Lipinski definition) is 1. The quantitative estimate of drug-likeness (QED) is 0.841. The van der Waals surface area contributed by atoms with Gasteiger partial charge in [0.15, 0.2) is 0 Å². The molecule has 1 aromatic carbocycles. The SMILES string of the molecule is CC(C)Cc1ccc(C2(C(C)(C)N)CC2)cc1. The van der Waals surface area contributed by atoms with E-state index in [1.807, 2.05) is 0 Å². The molecule has 2 rings (SSSR count). The molecule has 1 aliphatic rings. The largest absolute Gasteiger partial charge is 0.325 e. The van der Waals surface area contributed by atoms with E-state index in [0.29, 0.717) is 0 Å². The summed E-state index contributed by atoms with van der Waals surface area (Å²) in [5.74, 6) is 0.724. The van der Waals surface area contributed by atoms with E-state index in [4.69, 9.17) is 5.73 Å². The Morgan fingerprint density at radius 2 is 1.71 bits per heavy atom. The first kappa shape index (κ1) is 12.6. The second-order valence-electron chi connectivity index (χ2n) is 6.60. The Morgan fingerprint density at radius 3 is 2.06 bits per heavy atom. The fourth-order valence-electron chi connectivity index (χ4n) is 2.86. The molecular formula is C16H25N. The molecule has 0 amide bonds. The minimum absolute atomic E-state index is 0.105. The second kappa shape index (κ2) is 4.13. The average molecular weight is 231 g/mol. The Hall–Kier alpha value is -0.820. The summed E-state index contributed by atoms with van der Waals surface area (Å²) < 4.78 is 0. The van der Waals surface area contributed by atoms with Crippen LogP contribution in [0.1, 0.15) is 51.7 Å². The summed E-state index contributed by atoms with van der Waals surface area (Å²) in [6.45, 7) is 8.84. The highest BCUT2D eigenvalue weighted by Crippen LogP contribution is 2.54. The van der Waals surface area contributed by atoms with Crippen LogP contribution in [0.5, 0.6) is 0 Å². The number of nitrogens with two attached hydrogens (primary N) is 1. The van der Waals surface area contributed by atoms with Gasteiger partial charge in [0, 0.05) is 11.0 Å². The lowest BCUT2D eigenvalue weighted by Gasteiger charge is -2.31. The standard InChI is InChI=1S/C16H25N/c1-12(2)11-13-5-7-14(8-6-13)16(9-10-16)15(3,4)17/h5-8,12H,9-11,17H2,1-4H3. The average Bonchev–Trinajstić information content (AvgIpc) is 2.97. The fraction of sp³-hybridized carbons (Fsp3) is 0.625. The van der Waals surface area contributed by atoms with Crippen molar-refractivity contribution in [2.75, 3.05) is 0 Å². The molecule has 1 aromatic rings. The van der Waals surface area contributed by atoms with Crippen LogP contribution in [-0.4, -0.2) is 5.54 Å². The predicted octanol–water partition coefficient (Wildman–Crippen LogP) is 3.65. The van der Waals surface area contributed by atoms with Gasteiger partial charge in [-0.25, -0.2) is 0 Å². The van der Waals surface area contributed by atoms with Crippen molar-refractivity contribution in [2.24, 2.45) is 11.7 Å². The van der Waals surface area contributed by atoms with E-state index < -0.39 is 0 Å². The highest BCUT2D eigenvalue weighted by atomic mass is 14.8. The lowest BCUT2D eigenvalue weighted by molar-refractivity contribution is 0.391. The molecule has 1 nitrogen and oxygen atoms in total. The van der Waals surface area contributed by atoms with Crippen molar-refractivity contribution >= 4 is 0 Å². The van der Waals surface area contributed by atoms with Crippen molar-refractivity contribution in [3.63, 3.8) is 0 Å². The van der Waals surface area contributed by atoms with E-state index in [1.54, 1.807) is 0 Å². The van der Waals surface area contributed by atoms with Crippen molar-refractivity contribution in [1.29, 1.82) is 0 Å². The van der Waals surface area contributed by atoms with E-state index in [0.717, 1.165) is 5.92 Å². The summed E-state index contributed by atoms with van der Waals surface area (Å²) in [6, 6.07) is 9.14. The van der Waals surface area contributed by atoms with Crippen LogP contribution >= 0.6 is 0 Å². The Morgan fingerprint density at radius 1 is 1.18 bits per heavy atom. The highest BCUT2D eigenvalue weighted by Gasteiger charge is 2.53. The van der Waals surface area contributed by atoms with E-state index in [-0.39, 0.29) is 11.0 Å². The molecule has 17 heavy (non-hydrogen) atoms. The van der Waals surface area contributed by atoms with Crippen molar-refractivity contribution in [2.45, 2.75) is 57.9 Å². The topological polar surface area (TPSA) is 26.0 Å². The summed E-state index contributed by atoms with van der Waals surface area (Å²) in [5, 5.41) is 0. The van der Waals surface area contributed by atoms with Gasteiger partial charge in [-0.2, -0.15) is 0 Å². The third-order valence-corrected chi connectivity index (χ3v) is 4.13. The smallest absolute Gasteiger partial charge is 0.0195 e. The van der Waals surface area contributed by atoms with Crippen molar-refractivity contribution in [3.8, 4) is 0 Å². The molecule has 0 bridgehead atoms.